The van der Waals surface area contributed by atoms with Gasteiger partial charge in [-0.15, -0.1) is 0 Å². The Hall–Kier alpha value is -1.75. The van der Waals surface area contributed by atoms with Crippen LogP contribution in [0.2, 0.25) is 0 Å². The number of carbonyl (C=O) groups excluding carboxylic acids is 1. The van der Waals surface area contributed by atoms with Gasteiger partial charge in [-0.1, -0.05) is 13.3 Å². The maximum Gasteiger partial charge on any atom is 0.253 e. The first-order valence-corrected chi connectivity index (χ1v) is 7.01. The first-order chi connectivity index (χ1) is 9.58. The van der Waals surface area contributed by atoms with Gasteiger partial charge in [-0.3, -0.25) is 4.79 Å². The largest absolute Gasteiger partial charge is 0.399 e. The highest BCUT2D eigenvalue weighted by Crippen LogP contribution is 2.20. The van der Waals surface area contributed by atoms with Gasteiger partial charge < -0.3 is 21.1 Å². The van der Waals surface area contributed by atoms with Gasteiger partial charge in [-0.2, -0.15) is 0 Å². The van der Waals surface area contributed by atoms with Crippen molar-refractivity contribution in [1.29, 1.82) is 0 Å². The standard InChI is InChI=1S/C15H25N3O2/c1-4-5-11(2)18-14-7-6-12(16)10-13(14)15(19)17-8-9-20-3/h6-7,10-11,18H,4-5,8-9,16H2,1-3H3,(H,17,19)/t11-/m1/s1. The van der Waals surface area contributed by atoms with E-state index >= 15 is 0 Å². The number of nitrogens with one attached hydrogen (secondary N) is 2. The Morgan fingerprint density at radius 1 is 1.45 bits per heavy atom. The third kappa shape index (κ3) is 5.09. The number of methoxy groups -OCH3 is 1. The Morgan fingerprint density at radius 2 is 2.20 bits per heavy atom. The van der Waals surface area contributed by atoms with Crippen molar-refractivity contribution in [3.8, 4) is 0 Å². The summed E-state index contributed by atoms with van der Waals surface area (Å²) in [6.07, 6.45) is 2.15. The van der Waals surface area contributed by atoms with Gasteiger partial charge in [0.05, 0.1) is 12.2 Å². The molecule has 20 heavy (non-hydrogen) atoms. The predicted molar refractivity (Wildman–Crippen MR) is 83.1 cm³/mol. The molecule has 0 bridgehead atoms. The van der Waals surface area contributed by atoms with E-state index in [0.717, 1.165) is 18.5 Å². The number of carbonyl (C=O) groups is 1. The molecule has 112 valence electrons. The van der Waals surface area contributed by atoms with Gasteiger partial charge in [0.2, 0.25) is 0 Å². The van der Waals surface area contributed by atoms with Crippen molar-refractivity contribution in [3.63, 3.8) is 0 Å². The van der Waals surface area contributed by atoms with Gasteiger partial charge in [-0.25, -0.2) is 0 Å². The molecule has 0 heterocycles. The summed E-state index contributed by atoms with van der Waals surface area (Å²) in [7, 11) is 1.60. The summed E-state index contributed by atoms with van der Waals surface area (Å²) in [5.41, 5.74) is 7.74. The molecule has 0 aromatic heterocycles. The number of hydrogen-bond acceptors (Lipinski definition) is 4. The molecule has 0 unspecified atom stereocenters. The number of anilines is 2. The fourth-order valence-corrected chi connectivity index (χ4v) is 2.01. The Kier molecular flexibility index (Phi) is 6.87. The minimum atomic E-state index is -0.138. The van der Waals surface area contributed by atoms with Crippen molar-refractivity contribution < 1.29 is 9.53 Å². The van der Waals surface area contributed by atoms with E-state index in [9.17, 15) is 4.79 Å². The van der Waals surface area contributed by atoms with Gasteiger partial charge in [0.25, 0.3) is 5.91 Å². The highest BCUT2D eigenvalue weighted by atomic mass is 16.5. The SMILES string of the molecule is CCC[C@@H](C)Nc1ccc(N)cc1C(=O)NCCOC. The topological polar surface area (TPSA) is 76.4 Å². The fourth-order valence-electron chi connectivity index (χ4n) is 2.01. The zero-order valence-corrected chi connectivity index (χ0v) is 12.5. The number of ether oxygens (including phenoxy) is 1. The number of benzene rings is 1. The number of rotatable bonds is 8. The van der Waals surface area contributed by atoms with Crippen molar-refractivity contribution in [2.24, 2.45) is 0 Å². The van der Waals surface area contributed by atoms with Crippen molar-refractivity contribution in [2.45, 2.75) is 32.7 Å². The number of nitrogen functional groups attached to an aromatic ring is 1. The summed E-state index contributed by atoms with van der Waals surface area (Å²) in [6.45, 7) is 5.21. The van der Waals surface area contributed by atoms with Gasteiger partial charge >= 0.3 is 0 Å². The van der Waals surface area contributed by atoms with Crippen molar-refractivity contribution in [3.05, 3.63) is 23.8 Å². The van der Waals surface area contributed by atoms with E-state index in [4.69, 9.17) is 10.5 Å². The Balaban J connectivity index is 2.81. The number of nitrogens with two attached hydrogens (primary N) is 1. The Bertz CT molecular complexity index is 435. The molecule has 1 amide bonds. The van der Waals surface area contributed by atoms with Crippen LogP contribution in [0, 0.1) is 0 Å². The third-order valence-electron chi connectivity index (χ3n) is 3.00. The minimum absolute atomic E-state index is 0.138. The summed E-state index contributed by atoms with van der Waals surface area (Å²) in [5.74, 6) is -0.138. The summed E-state index contributed by atoms with van der Waals surface area (Å²) in [4.78, 5) is 12.2. The van der Waals surface area contributed by atoms with E-state index in [0.29, 0.717) is 30.4 Å². The zero-order chi connectivity index (χ0) is 15.0. The van der Waals surface area contributed by atoms with Gasteiger partial charge in [-0.05, 0) is 31.5 Å². The molecule has 5 nitrogen and oxygen atoms in total. The second-order valence-corrected chi connectivity index (χ2v) is 4.89. The van der Waals surface area contributed by atoms with Crippen molar-refractivity contribution in [1.82, 2.24) is 5.32 Å². The van der Waals surface area contributed by atoms with E-state index < -0.39 is 0 Å². The smallest absolute Gasteiger partial charge is 0.253 e. The van der Waals surface area contributed by atoms with Crippen LogP contribution >= 0.6 is 0 Å². The molecule has 1 rings (SSSR count). The molecule has 1 atom stereocenters. The molecule has 0 fully saturated rings. The molecule has 4 N–H and O–H groups in total. The van der Waals surface area contributed by atoms with Gasteiger partial charge in [0, 0.05) is 31.1 Å². The highest BCUT2D eigenvalue weighted by molar-refractivity contribution is 6.00. The van der Waals surface area contributed by atoms with Crippen LogP contribution in [0.1, 0.15) is 37.0 Å². The number of hydrogen-bond donors (Lipinski definition) is 3. The lowest BCUT2D eigenvalue weighted by Gasteiger charge is -2.18. The number of amides is 1. The quantitative estimate of drug-likeness (QED) is 0.504. The molecule has 1 aromatic carbocycles. The Labute approximate surface area is 120 Å². The van der Waals surface area contributed by atoms with Crippen LogP contribution < -0.4 is 16.4 Å². The van der Waals surface area contributed by atoms with E-state index in [1.54, 1.807) is 19.2 Å². The van der Waals surface area contributed by atoms with E-state index in [1.807, 2.05) is 6.07 Å². The molecular weight excluding hydrogens is 254 g/mol. The highest BCUT2D eigenvalue weighted by Gasteiger charge is 2.13. The molecule has 0 aliphatic carbocycles. The van der Waals surface area contributed by atoms with E-state index in [1.165, 1.54) is 0 Å². The summed E-state index contributed by atoms with van der Waals surface area (Å²) < 4.78 is 4.92. The van der Waals surface area contributed by atoms with Crippen LogP contribution in [0.5, 0.6) is 0 Å². The van der Waals surface area contributed by atoms with E-state index in [-0.39, 0.29) is 5.91 Å². The molecular formula is C15H25N3O2. The van der Waals surface area contributed by atoms with Gasteiger partial charge in [0.1, 0.15) is 0 Å². The summed E-state index contributed by atoms with van der Waals surface area (Å²) in [5, 5.41) is 6.18. The molecule has 0 aliphatic heterocycles. The van der Waals surface area contributed by atoms with Crippen LogP contribution in [0.15, 0.2) is 18.2 Å². The predicted octanol–water partition coefficient (Wildman–Crippen LogP) is 2.25. The molecule has 0 aliphatic rings. The van der Waals surface area contributed by atoms with Crippen LogP contribution in [0.25, 0.3) is 0 Å². The maximum absolute atomic E-state index is 12.2. The second-order valence-electron chi connectivity index (χ2n) is 4.89. The normalized spacial score (nSPS) is 11.9. The first-order valence-electron chi connectivity index (χ1n) is 7.01. The molecule has 0 spiro atoms. The first kappa shape index (κ1) is 16.3. The molecule has 1 aromatic rings. The van der Waals surface area contributed by atoms with Crippen LogP contribution in [-0.4, -0.2) is 32.2 Å². The lowest BCUT2D eigenvalue weighted by molar-refractivity contribution is 0.0938. The second kappa shape index (κ2) is 8.43. The lowest BCUT2D eigenvalue weighted by Crippen LogP contribution is -2.28. The lowest BCUT2D eigenvalue weighted by atomic mass is 10.1. The minimum Gasteiger partial charge on any atom is -0.399 e. The van der Waals surface area contributed by atoms with Crippen LogP contribution in [-0.2, 0) is 4.74 Å². The van der Waals surface area contributed by atoms with Crippen molar-refractivity contribution >= 4 is 17.3 Å². The van der Waals surface area contributed by atoms with Crippen LogP contribution in [0.3, 0.4) is 0 Å². The monoisotopic (exact) mass is 279 g/mol. The van der Waals surface area contributed by atoms with Crippen molar-refractivity contribution in [2.75, 3.05) is 31.3 Å². The fraction of sp³-hybridized carbons (Fsp3) is 0.533. The third-order valence-corrected chi connectivity index (χ3v) is 3.00. The molecule has 0 saturated heterocycles. The summed E-state index contributed by atoms with van der Waals surface area (Å²) in [6, 6.07) is 5.66. The molecule has 0 radical (unpaired) electrons. The zero-order valence-electron chi connectivity index (χ0n) is 12.5. The Morgan fingerprint density at radius 3 is 2.85 bits per heavy atom. The maximum atomic E-state index is 12.2. The molecule has 5 heteroatoms. The van der Waals surface area contributed by atoms with Crippen LogP contribution in [0.4, 0.5) is 11.4 Å². The molecule has 0 saturated carbocycles. The van der Waals surface area contributed by atoms with E-state index in [2.05, 4.69) is 24.5 Å². The average molecular weight is 279 g/mol. The van der Waals surface area contributed by atoms with Gasteiger partial charge in [0.15, 0.2) is 0 Å². The summed E-state index contributed by atoms with van der Waals surface area (Å²) >= 11 is 0. The average Bonchev–Trinajstić information content (AvgIpc) is 2.41.